The van der Waals surface area contributed by atoms with E-state index in [0.717, 1.165) is 30.0 Å². The zero-order valence-corrected chi connectivity index (χ0v) is 16.8. The van der Waals surface area contributed by atoms with E-state index in [1.165, 1.54) is 6.07 Å². The maximum Gasteiger partial charge on any atom is 0.417 e. The Morgan fingerprint density at radius 1 is 1.28 bits per heavy atom. The number of halogens is 3. The second-order valence-electron chi connectivity index (χ2n) is 7.80. The molecule has 3 nitrogen and oxygen atoms in total. The molecule has 1 atom stereocenters. The van der Waals surface area contributed by atoms with Crippen molar-refractivity contribution in [2.24, 2.45) is 5.41 Å². The van der Waals surface area contributed by atoms with Crippen LogP contribution in [0.15, 0.2) is 48.8 Å². The van der Waals surface area contributed by atoms with Gasteiger partial charge in [-0.2, -0.15) is 18.4 Å². The molecule has 0 saturated carbocycles. The van der Waals surface area contributed by atoms with Gasteiger partial charge in [-0.25, -0.2) is 0 Å². The lowest BCUT2D eigenvalue weighted by Crippen LogP contribution is -2.47. The van der Waals surface area contributed by atoms with Gasteiger partial charge in [0.25, 0.3) is 0 Å². The van der Waals surface area contributed by atoms with E-state index in [-0.39, 0.29) is 17.0 Å². The minimum absolute atomic E-state index is 0.0155. The van der Waals surface area contributed by atoms with Gasteiger partial charge in [-0.1, -0.05) is 26.0 Å². The predicted molar refractivity (Wildman–Crippen MR) is 108 cm³/mol. The van der Waals surface area contributed by atoms with E-state index < -0.39 is 11.7 Å². The van der Waals surface area contributed by atoms with Crippen LogP contribution in [0.2, 0.25) is 0 Å². The van der Waals surface area contributed by atoms with Crippen molar-refractivity contribution in [2.75, 3.05) is 11.4 Å². The zero-order valence-electron chi connectivity index (χ0n) is 16.8. The Hall–Kier alpha value is -2.81. The molecule has 1 aliphatic carbocycles. The second-order valence-corrected chi connectivity index (χ2v) is 7.80. The smallest absolute Gasteiger partial charge is 0.368 e. The Morgan fingerprint density at radius 3 is 2.62 bits per heavy atom. The van der Waals surface area contributed by atoms with Gasteiger partial charge in [0.2, 0.25) is 0 Å². The van der Waals surface area contributed by atoms with E-state index in [4.69, 9.17) is 5.26 Å². The fraction of sp³-hybridized carbons (Fsp3) is 0.391. The van der Waals surface area contributed by atoms with E-state index in [0.29, 0.717) is 12.2 Å². The average Bonchev–Trinajstić information content (AvgIpc) is 2.69. The summed E-state index contributed by atoms with van der Waals surface area (Å²) >= 11 is 0. The molecular formula is C23H24F3N3. The first-order valence-corrected chi connectivity index (χ1v) is 9.69. The molecule has 1 aromatic heterocycles. The molecule has 0 N–H and O–H groups in total. The van der Waals surface area contributed by atoms with Crippen LogP contribution in [0, 0.1) is 16.7 Å². The monoisotopic (exact) mass is 399 g/mol. The van der Waals surface area contributed by atoms with Crippen LogP contribution in [0.25, 0.3) is 5.57 Å². The van der Waals surface area contributed by atoms with Gasteiger partial charge in [0.1, 0.15) is 0 Å². The SMILES string of the molecule is CCN(c1ccc(C#N)c(C(F)(F)F)c1)C1CCC=C(c2cccnc2)C1(C)C. The number of rotatable bonds is 4. The number of nitrogens with zero attached hydrogens (tertiary/aromatic N) is 3. The van der Waals surface area contributed by atoms with E-state index in [2.05, 4.69) is 24.9 Å². The van der Waals surface area contributed by atoms with Gasteiger partial charge < -0.3 is 4.90 Å². The third-order valence-corrected chi connectivity index (χ3v) is 5.77. The summed E-state index contributed by atoms with van der Waals surface area (Å²) in [5.41, 5.74) is 1.16. The lowest BCUT2D eigenvalue weighted by Gasteiger charge is -2.47. The van der Waals surface area contributed by atoms with Crippen molar-refractivity contribution in [1.82, 2.24) is 4.98 Å². The Balaban J connectivity index is 2.03. The van der Waals surface area contributed by atoms with Crippen molar-refractivity contribution in [3.63, 3.8) is 0 Å². The predicted octanol–water partition coefficient (Wildman–Crippen LogP) is 6.07. The van der Waals surface area contributed by atoms with Gasteiger partial charge in [-0.3, -0.25) is 4.98 Å². The van der Waals surface area contributed by atoms with Crippen LogP contribution in [0.3, 0.4) is 0 Å². The Kier molecular flexibility index (Phi) is 5.70. The highest BCUT2D eigenvalue weighted by Gasteiger charge is 2.40. The maximum absolute atomic E-state index is 13.5. The Bertz CT molecular complexity index is 940. The minimum Gasteiger partial charge on any atom is -0.368 e. The lowest BCUT2D eigenvalue weighted by molar-refractivity contribution is -0.137. The third kappa shape index (κ3) is 4.00. The number of alkyl halides is 3. The largest absolute Gasteiger partial charge is 0.417 e. The molecule has 1 aliphatic rings. The molecule has 0 fully saturated rings. The van der Waals surface area contributed by atoms with Crippen LogP contribution in [0.4, 0.5) is 18.9 Å². The van der Waals surface area contributed by atoms with Crippen molar-refractivity contribution in [2.45, 2.75) is 45.8 Å². The van der Waals surface area contributed by atoms with Crippen LogP contribution >= 0.6 is 0 Å². The minimum atomic E-state index is -4.57. The molecule has 29 heavy (non-hydrogen) atoms. The summed E-state index contributed by atoms with van der Waals surface area (Å²) in [5, 5.41) is 9.08. The van der Waals surface area contributed by atoms with Crippen LogP contribution in [-0.2, 0) is 6.18 Å². The summed E-state index contributed by atoms with van der Waals surface area (Å²) in [6, 6.07) is 9.58. The fourth-order valence-corrected chi connectivity index (χ4v) is 4.37. The van der Waals surface area contributed by atoms with Gasteiger partial charge in [0.15, 0.2) is 0 Å². The molecule has 3 rings (SSSR count). The summed E-state index contributed by atoms with van der Waals surface area (Å²) in [4.78, 5) is 6.25. The highest BCUT2D eigenvalue weighted by atomic mass is 19.4. The molecule has 1 aromatic carbocycles. The van der Waals surface area contributed by atoms with Crippen molar-refractivity contribution < 1.29 is 13.2 Å². The van der Waals surface area contributed by atoms with Crippen LogP contribution in [0.1, 0.15) is 50.3 Å². The number of hydrogen-bond donors (Lipinski definition) is 0. The standard InChI is InChI=1S/C23H24F3N3/c1-4-29(18-11-10-16(14-27)20(13-18)23(24,25)26)21-9-5-8-19(22(21,2)3)17-7-6-12-28-15-17/h6-8,10-13,15,21H,4-5,9H2,1-3H3. The number of nitriles is 1. The number of allylic oxidation sites excluding steroid dienone is 1. The van der Waals surface area contributed by atoms with E-state index in [1.807, 2.05) is 30.2 Å². The fourth-order valence-electron chi connectivity index (χ4n) is 4.37. The van der Waals surface area contributed by atoms with Crippen LogP contribution < -0.4 is 4.90 Å². The number of aromatic nitrogens is 1. The van der Waals surface area contributed by atoms with Crippen molar-refractivity contribution in [3.05, 3.63) is 65.5 Å². The molecule has 152 valence electrons. The van der Waals surface area contributed by atoms with Crippen molar-refractivity contribution in [1.29, 1.82) is 5.26 Å². The third-order valence-electron chi connectivity index (χ3n) is 5.77. The number of hydrogen-bond acceptors (Lipinski definition) is 3. The first-order chi connectivity index (χ1) is 13.7. The molecule has 0 amide bonds. The van der Waals surface area contributed by atoms with Gasteiger partial charge in [-0.15, -0.1) is 0 Å². The second kappa shape index (κ2) is 7.90. The van der Waals surface area contributed by atoms with Crippen molar-refractivity contribution in [3.8, 4) is 6.07 Å². The maximum atomic E-state index is 13.5. The Labute approximate surface area is 169 Å². The van der Waals surface area contributed by atoms with E-state index in [9.17, 15) is 13.2 Å². The molecule has 0 saturated heterocycles. The van der Waals surface area contributed by atoms with Crippen LogP contribution in [-0.4, -0.2) is 17.6 Å². The molecule has 1 unspecified atom stereocenters. The summed E-state index contributed by atoms with van der Waals surface area (Å²) in [6.45, 7) is 6.78. The number of anilines is 1. The summed E-state index contributed by atoms with van der Waals surface area (Å²) < 4.78 is 40.4. The first-order valence-electron chi connectivity index (χ1n) is 9.69. The normalized spacial score (nSPS) is 18.7. The molecule has 0 radical (unpaired) electrons. The lowest BCUT2D eigenvalue weighted by atomic mass is 9.69. The molecule has 6 heteroatoms. The molecule has 1 heterocycles. The molecule has 0 aliphatic heterocycles. The topological polar surface area (TPSA) is 39.9 Å². The van der Waals surface area contributed by atoms with Gasteiger partial charge >= 0.3 is 6.18 Å². The molecule has 2 aromatic rings. The van der Waals surface area contributed by atoms with Gasteiger partial charge in [0.05, 0.1) is 17.2 Å². The average molecular weight is 399 g/mol. The first kappa shape index (κ1) is 20.9. The zero-order chi connectivity index (χ0) is 21.2. The quantitative estimate of drug-likeness (QED) is 0.626. The number of benzene rings is 1. The molecule has 0 spiro atoms. The number of pyridine rings is 1. The molecule has 0 bridgehead atoms. The van der Waals surface area contributed by atoms with E-state index >= 15 is 0 Å². The molecular weight excluding hydrogens is 375 g/mol. The van der Waals surface area contributed by atoms with Crippen molar-refractivity contribution >= 4 is 11.3 Å². The summed E-state index contributed by atoms with van der Waals surface area (Å²) in [6.07, 6.45) is 2.88. The van der Waals surface area contributed by atoms with Gasteiger partial charge in [-0.05, 0) is 55.2 Å². The summed E-state index contributed by atoms with van der Waals surface area (Å²) in [5.74, 6) is 0. The van der Waals surface area contributed by atoms with Crippen LogP contribution in [0.5, 0.6) is 0 Å². The highest BCUT2D eigenvalue weighted by Crippen LogP contribution is 2.46. The highest BCUT2D eigenvalue weighted by molar-refractivity contribution is 5.72. The van der Waals surface area contributed by atoms with Gasteiger partial charge in [0, 0.05) is 36.1 Å². The summed E-state index contributed by atoms with van der Waals surface area (Å²) in [7, 11) is 0. The Morgan fingerprint density at radius 2 is 2.03 bits per heavy atom. The van der Waals surface area contributed by atoms with E-state index in [1.54, 1.807) is 18.3 Å².